The highest BCUT2D eigenvalue weighted by atomic mass is 31.2. The van der Waals surface area contributed by atoms with E-state index in [0.29, 0.717) is 17.4 Å². The van der Waals surface area contributed by atoms with Gasteiger partial charge in [-0.1, -0.05) is 204 Å². The van der Waals surface area contributed by atoms with E-state index in [1.807, 2.05) is 27.2 Å². The van der Waals surface area contributed by atoms with E-state index in [2.05, 4.69) is 43.5 Å². The van der Waals surface area contributed by atoms with Gasteiger partial charge in [0.05, 0.1) is 39.9 Å². The van der Waals surface area contributed by atoms with Crippen LogP contribution in [0.25, 0.3) is 0 Å². The molecule has 0 rings (SSSR count). The van der Waals surface area contributed by atoms with Crippen molar-refractivity contribution in [3.8, 4) is 0 Å². The van der Waals surface area contributed by atoms with Gasteiger partial charge in [-0.2, -0.15) is 0 Å². The van der Waals surface area contributed by atoms with Crippen molar-refractivity contribution in [2.75, 3.05) is 40.9 Å². The Bertz CT molecular complexity index is 1040. The fourth-order valence-corrected chi connectivity index (χ4v) is 7.71. The van der Waals surface area contributed by atoms with Gasteiger partial charge in [-0.3, -0.25) is 13.8 Å². The third-order valence-corrected chi connectivity index (χ3v) is 11.9. The van der Waals surface area contributed by atoms with Crippen LogP contribution in [0.4, 0.5) is 0 Å². The Labute approximate surface area is 359 Å². The van der Waals surface area contributed by atoms with E-state index in [-0.39, 0.29) is 19.1 Å². The molecule has 8 nitrogen and oxygen atoms in total. The number of phosphoric ester groups is 1. The molecule has 0 saturated heterocycles. The zero-order valence-corrected chi connectivity index (χ0v) is 39.7. The first-order valence-corrected chi connectivity index (χ1v) is 25.9. The molecular formula is C49H96N2O6P+. The van der Waals surface area contributed by atoms with Crippen LogP contribution in [0.1, 0.15) is 219 Å². The summed E-state index contributed by atoms with van der Waals surface area (Å²) in [6.45, 7) is 4.79. The zero-order valence-electron chi connectivity index (χ0n) is 38.8. The van der Waals surface area contributed by atoms with Crippen LogP contribution >= 0.6 is 7.82 Å². The summed E-state index contributed by atoms with van der Waals surface area (Å²) in [4.78, 5) is 23.2. The summed E-state index contributed by atoms with van der Waals surface area (Å²) >= 11 is 0. The van der Waals surface area contributed by atoms with Gasteiger partial charge in [0.1, 0.15) is 13.2 Å². The van der Waals surface area contributed by atoms with E-state index in [9.17, 15) is 19.4 Å². The van der Waals surface area contributed by atoms with Gasteiger partial charge in [-0.15, -0.1) is 0 Å². The molecule has 1 amide bonds. The van der Waals surface area contributed by atoms with E-state index < -0.39 is 20.0 Å². The van der Waals surface area contributed by atoms with Crippen molar-refractivity contribution < 1.29 is 32.9 Å². The SMILES string of the molecule is CCCCC/C=C\C=C/CCCCCCCCC(=O)NC(COP(=O)(O)OCC[N+](C)(C)C)C(O)/C=C/CCCCCCCCCCCCCCCCCCCCC. The molecule has 0 aromatic carbocycles. The smallest absolute Gasteiger partial charge is 0.387 e. The summed E-state index contributed by atoms with van der Waals surface area (Å²) in [6, 6.07) is -0.851. The van der Waals surface area contributed by atoms with Crippen LogP contribution in [0.5, 0.6) is 0 Å². The first-order chi connectivity index (χ1) is 28.0. The number of nitrogens with zero attached hydrogens (tertiary/aromatic N) is 1. The number of amides is 1. The Morgan fingerprint density at radius 1 is 0.586 bits per heavy atom. The minimum atomic E-state index is -4.34. The highest BCUT2D eigenvalue weighted by Crippen LogP contribution is 2.43. The van der Waals surface area contributed by atoms with Gasteiger partial charge in [-0.25, -0.2) is 4.57 Å². The Kier molecular flexibility index (Phi) is 40.2. The van der Waals surface area contributed by atoms with Crippen LogP contribution in [0, 0.1) is 0 Å². The maximum absolute atomic E-state index is 12.9. The zero-order chi connectivity index (χ0) is 42.8. The molecule has 0 aromatic rings. The van der Waals surface area contributed by atoms with E-state index in [0.717, 1.165) is 51.4 Å². The predicted molar refractivity (Wildman–Crippen MR) is 249 cm³/mol. The van der Waals surface area contributed by atoms with Crippen LogP contribution in [-0.2, 0) is 18.4 Å². The van der Waals surface area contributed by atoms with Crippen molar-refractivity contribution in [1.29, 1.82) is 0 Å². The second-order valence-electron chi connectivity index (χ2n) is 17.9. The van der Waals surface area contributed by atoms with Crippen LogP contribution in [0.15, 0.2) is 36.5 Å². The molecule has 3 N–H and O–H groups in total. The van der Waals surface area contributed by atoms with Gasteiger partial charge in [0.15, 0.2) is 0 Å². The van der Waals surface area contributed by atoms with Gasteiger partial charge < -0.3 is 19.8 Å². The van der Waals surface area contributed by atoms with E-state index in [1.165, 1.54) is 148 Å². The van der Waals surface area contributed by atoms with E-state index in [1.54, 1.807) is 6.08 Å². The number of phosphoric acid groups is 1. The molecule has 0 spiro atoms. The molecule has 0 aliphatic heterocycles. The number of hydrogen-bond acceptors (Lipinski definition) is 5. The highest BCUT2D eigenvalue weighted by Gasteiger charge is 2.27. The Balaban J connectivity index is 4.35. The average molecular weight is 840 g/mol. The number of hydrogen-bond donors (Lipinski definition) is 3. The van der Waals surface area contributed by atoms with Crippen LogP contribution in [0.2, 0.25) is 0 Å². The standard InChI is InChI=1S/C49H95N2O6P/c1-6-8-10-12-14-16-18-20-22-23-24-25-26-27-29-30-32-34-36-38-40-42-48(52)47(46-57-58(54,55)56-45-44-51(3,4)5)50-49(53)43-41-39-37-35-33-31-28-21-19-17-15-13-11-9-7-2/h15,17,19,21,40,42,47-48,52H,6-14,16,18,20,22-39,41,43-46H2,1-5H3,(H-,50,53,54,55)/p+1/b17-15-,21-19-,42-40+. The van der Waals surface area contributed by atoms with Crippen molar-refractivity contribution in [2.45, 2.75) is 231 Å². The lowest BCUT2D eigenvalue weighted by Gasteiger charge is -2.25. The lowest BCUT2D eigenvalue weighted by molar-refractivity contribution is -0.870. The molecule has 0 aromatic heterocycles. The van der Waals surface area contributed by atoms with Crippen molar-refractivity contribution in [2.24, 2.45) is 0 Å². The fourth-order valence-electron chi connectivity index (χ4n) is 6.97. The second kappa shape index (κ2) is 41.1. The molecule has 0 fully saturated rings. The molecular weight excluding hydrogens is 744 g/mol. The number of quaternary nitrogens is 1. The number of carbonyl (C=O) groups excluding carboxylic acids is 1. The molecule has 0 bridgehead atoms. The summed E-state index contributed by atoms with van der Waals surface area (Å²) in [5, 5.41) is 13.9. The van der Waals surface area contributed by atoms with Crippen molar-refractivity contribution in [3.05, 3.63) is 36.5 Å². The summed E-state index contributed by atoms with van der Waals surface area (Å²) in [5.41, 5.74) is 0. The molecule has 0 aliphatic carbocycles. The molecule has 3 atom stereocenters. The molecule has 58 heavy (non-hydrogen) atoms. The summed E-state index contributed by atoms with van der Waals surface area (Å²) in [5.74, 6) is -0.188. The third kappa shape index (κ3) is 42.8. The van der Waals surface area contributed by atoms with Gasteiger partial charge >= 0.3 is 7.82 Å². The van der Waals surface area contributed by atoms with E-state index >= 15 is 0 Å². The van der Waals surface area contributed by atoms with Gasteiger partial charge in [-0.05, 0) is 44.9 Å². The minimum absolute atomic E-state index is 0.0590. The average Bonchev–Trinajstić information content (AvgIpc) is 3.17. The van der Waals surface area contributed by atoms with Crippen molar-refractivity contribution >= 4 is 13.7 Å². The van der Waals surface area contributed by atoms with Crippen LogP contribution < -0.4 is 5.32 Å². The Morgan fingerprint density at radius 2 is 0.966 bits per heavy atom. The quantitative estimate of drug-likeness (QED) is 0.0186. The molecule has 342 valence electrons. The molecule has 0 saturated carbocycles. The number of carbonyl (C=O) groups is 1. The third-order valence-electron chi connectivity index (χ3n) is 10.9. The number of rotatable bonds is 44. The lowest BCUT2D eigenvalue weighted by atomic mass is 10.0. The fraction of sp³-hybridized carbons (Fsp3) is 0.857. The van der Waals surface area contributed by atoms with Gasteiger partial charge in [0.25, 0.3) is 0 Å². The minimum Gasteiger partial charge on any atom is -0.387 e. The molecule has 0 radical (unpaired) electrons. The van der Waals surface area contributed by atoms with E-state index in [4.69, 9.17) is 9.05 Å². The number of nitrogens with one attached hydrogen (secondary N) is 1. The number of aliphatic hydroxyl groups excluding tert-OH is 1. The Morgan fingerprint density at radius 3 is 1.41 bits per heavy atom. The van der Waals surface area contributed by atoms with Crippen LogP contribution in [0.3, 0.4) is 0 Å². The predicted octanol–water partition coefficient (Wildman–Crippen LogP) is 13.9. The highest BCUT2D eigenvalue weighted by molar-refractivity contribution is 7.47. The molecule has 9 heteroatoms. The number of unbranched alkanes of at least 4 members (excludes halogenated alkanes) is 28. The Hall–Kier alpha value is -1.28. The van der Waals surface area contributed by atoms with Gasteiger partial charge in [0, 0.05) is 6.42 Å². The number of likely N-dealkylation sites (N-methyl/N-ethyl adjacent to an activating group) is 1. The van der Waals surface area contributed by atoms with Crippen LogP contribution in [-0.4, -0.2) is 73.4 Å². The van der Waals surface area contributed by atoms with Crippen molar-refractivity contribution in [1.82, 2.24) is 5.32 Å². The molecule has 0 heterocycles. The maximum atomic E-state index is 12.9. The molecule has 3 unspecified atom stereocenters. The monoisotopic (exact) mass is 840 g/mol. The summed E-state index contributed by atoms with van der Waals surface area (Å²) in [6.07, 6.45) is 50.7. The molecule has 0 aliphatic rings. The largest absolute Gasteiger partial charge is 0.472 e. The van der Waals surface area contributed by atoms with Crippen molar-refractivity contribution in [3.63, 3.8) is 0 Å². The first-order valence-electron chi connectivity index (χ1n) is 24.4. The topological polar surface area (TPSA) is 105 Å². The maximum Gasteiger partial charge on any atom is 0.472 e. The number of allylic oxidation sites excluding steroid dienone is 5. The number of aliphatic hydroxyl groups is 1. The lowest BCUT2D eigenvalue weighted by Crippen LogP contribution is -2.45. The second-order valence-corrected chi connectivity index (χ2v) is 19.3. The summed E-state index contributed by atoms with van der Waals surface area (Å²) in [7, 11) is 1.56. The first kappa shape index (κ1) is 56.7. The normalized spacial score (nSPS) is 14.5. The summed E-state index contributed by atoms with van der Waals surface area (Å²) < 4.78 is 23.6. The van der Waals surface area contributed by atoms with Gasteiger partial charge in [0.2, 0.25) is 5.91 Å².